The summed E-state index contributed by atoms with van der Waals surface area (Å²) < 4.78 is 1.77. The maximum atomic E-state index is 11.9. The quantitative estimate of drug-likeness (QED) is 0.813. The Morgan fingerprint density at radius 1 is 1.44 bits per heavy atom. The molecule has 90 valence electrons. The molecule has 0 aromatic carbocycles. The molecule has 0 spiro atoms. The highest BCUT2D eigenvalue weighted by Gasteiger charge is 2.20. The molecule has 1 aromatic rings. The number of aromatic nitrogens is 1. The highest BCUT2D eigenvalue weighted by molar-refractivity contribution is 5.89. The summed E-state index contributed by atoms with van der Waals surface area (Å²) in [7, 11) is 0. The Kier molecular flexibility index (Phi) is 4.12. The number of amides is 1. The summed E-state index contributed by atoms with van der Waals surface area (Å²) in [5.74, 6) is 0.0629. The molecule has 4 heteroatoms. The van der Waals surface area contributed by atoms with Crippen LogP contribution < -0.4 is 11.2 Å². The van der Waals surface area contributed by atoms with Crippen molar-refractivity contribution in [3.63, 3.8) is 0 Å². The smallest absolute Gasteiger partial charge is 0.255 e. The van der Waals surface area contributed by atoms with E-state index in [0.29, 0.717) is 0 Å². The molecule has 0 saturated heterocycles. The molecule has 16 heavy (non-hydrogen) atoms. The standard InChI is InChI=1S/C12H21N3O/c1-5-8(2)11(13)12(16)14-15-9(3)6-7-10(15)4/h6-8,11H,5,13H2,1-4H3,(H,14,16)/t8-,11-/m0/s1. The molecule has 0 aliphatic heterocycles. The van der Waals surface area contributed by atoms with E-state index in [4.69, 9.17) is 5.73 Å². The average Bonchev–Trinajstić information content (AvgIpc) is 2.58. The maximum Gasteiger partial charge on any atom is 0.255 e. The third-order valence-electron chi connectivity index (χ3n) is 3.05. The molecule has 0 fully saturated rings. The van der Waals surface area contributed by atoms with E-state index < -0.39 is 6.04 Å². The first kappa shape index (κ1) is 12.8. The molecule has 0 saturated carbocycles. The summed E-state index contributed by atoms with van der Waals surface area (Å²) in [5.41, 5.74) is 10.7. The lowest BCUT2D eigenvalue weighted by Gasteiger charge is -2.19. The Balaban J connectivity index is 2.71. The van der Waals surface area contributed by atoms with Gasteiger partial charge in [0.1, 0.15) is 0 Å². The van der Waals surface area contributed by atoms with Crippen LogP contribution >= 0.6 is 0 Å². The van der Waals surface area contributed by atoms with Crippen molar-refractivity contribution in [3.05, 3.63) is 23.5 Å². The van der Waals surface area contributed by atoms with Gasteiger partial charge in [0, 0.05) is 11.4 Å². The summed E-state index contributed by atoms with van der Waals surface area (Å²) >= 11 is 0. The van der Waals surface area contributed by atoms with E-state index in [9.17, 15) is 4.79 Å². The van der Waals surface area contributed by atoms with E-state index in [-0.39, 0.29) is 11.8 Å². The van der Waals surface area contributed by atoms with Gasteiger partial charge in [0.25, 0.3) is 5.91 Å². The van der Waals surface area contributed by atoms with Crippen molar-refractivity contribution in [3.8, 4) is 0 Å². The molecular formula is C12H21N3O. The zero-order chi connectivity index (χ0) is 12.3. The first-order chi connectivity index (χ1) is 7.47. The van der Waals surface area contributed by atoms with Gasteiger partial charge < -0.3 is 5.73 Å². The Bertz CT molecular complexity index is 351. The van der Waals surface area contributed by atoms with Crippen molar-refractivity contribution in [1.82, 2.24) is 4.68 Å². The summed E-state index contributed by atoms with van der Waals surface area (Å²) in [6.45, 7) is 7.91. The number of aryl methyl sites for hydroxylation is 2. The topological polar surface area (TPSA) is 60.1 Å². The fraction of sp³-hybridized carbons (Fsp3) is 0.583. The van der Waals surface area contributed by atoms with Gasteiger partial charge >= 0.3 is 0 Å². The molecule has 1 amide bonds. The van der Waals surface area contributed by atoms with Gasteiger partial charge in [-0.05, 0) is 31.9 Å². The summed E-state index contributed by atoms with van der Waals surface area (Å²) in [4.78, 5) is 11.9. The molecule has 1 heterocycles. The lowest BCUT2D eigenvalue weighted by Crippen LogP contribution is -2.43. The number of nitrogens with zero attached hydrogens (tertiary/aromatic N) is 1. The fourth-order valence-electron chi connectivity index (χ4n) is 1.54. The van der Waals surface area contributed by atoms with E-state index in [1.165, 1.54) is 0 Å². The normalized spacial score (nSPS) is 14.6. The van der Waals surface area contributed by atoms with Gasteiger partial charge in [0.15, 0.2) is 0 Å². The number of hydrogen-bond acceptors (Lipinski definition) is 2. The second-order valence-corrected chi connectivity index (χ2v) is 4.34. The molecule has 0 aliphatic rings. The highest BCUT2D eigenvalue weighted by atomic mass is 16.2. The van der Waals surface area contributed by atoms with Crippen LogP contribution in [-0.2, 0) is 4.79 Å². The van der Waals surface area contributed by atoms with E-state index in [2.05, 4.69) is 5.43 Å². The van der Waals surface area contributed by atoms with Crippen molar-refractivity contribution < 1.29 is 4.79 Å². The average molecular weight is 223 g/mol. The minimum absolute atomic E-state index is 0.128. The van der Waals surface area contributed by atoms with Crippen molar-refractivity contribution in [2.24, 2.45) is 11.7 Å². The number of carbonyl (C=O) groups is 1. The van der Waals surface area contributed by atoms with Crippen molar-refractivity contribution in [2.75, 3.05) is 5.43 Å². The summed E-state index contributed by atoms with van der Waals surface area (Å²) in [6, 6.07) is 3.47. The molecular weight excluding hydrogens is 202 g/mol. The Morgan fingerprint density at radius 2 is 1.94 bits per heavy atom. The minimum Gasteiger partial charge on any atom is -0.320 e. The molecule has 2 atom stereocenters. The molecule has 0 radical (unpaired) electrons. The molecule has 0 unspecified atom stereocenters. The lowest BCUT2D eigenvalue weighted by molar-refractivity contribution is -0.119. The third-order valence-corrected chi connectivity index (χ3v) is 3.05. The van der Waals surface area contributed by atoms with Gasteiger partial charge in [-0.3, -0.25) is 14.9 Å². The second kappa shape index (κ2) is 5.16. The van der Waals surface area contributed by atoms with Crippen LogP contribution in [0.3, 0.4) is 0 Å². The molecule has 3 N–H and O–H groups in total. The summed E-state index contributed by atoms with van der Waals surface area (Å²) in [6.07, 6.45) is 0.901. The van der Waals surface area contributed by atoms with Gasteiger partial charge in [-0.2, -0.15) is 0 Å². The predicted octanol–water partition coefficient (Wildman–Crippen LogP) is 1.55. The molecule has 0 aliphatic carbocycles. The van der Waals surface area contributed by atoms with E-state index >= 15 is 0 Å². The van der Waals surface area contributed by atoms with Gasteiger partial charge in [-0.15, -0.1) is 0 Å². The fourth-order valence-corrected chi connectivity index (χ4v) is 1.54. The number of hydrogen-bond donors (Lipinski definition) is 2. The SMILES string of the molecule is CC[C@H](C)[C@H](N)C(=O)Nn1c(C)ccc1C. The monoisotopic (exact) mass is 223 g/mol. The van der Waals surface area contributed by atoms with Crippen LogP contribution in [0.2, 0.25) is 0 Å². The van der Waals surface area contributed by atoms with Crippen LogP contribution in [0.15, 0.2) is 12.1 Å². The molecule has 1 rings (SSSR count). The molecule has 1 aromatic heterocycles. The van der Waals surface area contributed by atoms with Crippen LogP contribution in [0.4, 0.5) is 0 Å². The van der Waals surface area contributed by atoms with Crippen LogP contribution in [0, 0.1) is 19.8 Å². The van der Waals surface area contributed by atoms with Crippen molar-refractivity contribution in [2.45, 2.75) is 40.2 Å². The van der Waals surface area contributed by atoms with Gasteiger partial charge in [0.05, 0.1) is 6.04 Å². The predicted molar refractivity (Wildman–Crippen MR) is 65.7 cm³/mol. The van der Waals surface area contributed by atoms with Crippen molar-refractivity contribution >= 4 is 5.91 Å². The van der Waals surface area contributed by atoms with Gasteiger partial charge in [-0.25, -0.2) is 0 Å². The van der Waals surface area contributed by atoms with Crippen LogP contribution in [-0.4, -0.2) is 16.6 Å². The number of rotatable bonds is 4. The number of nitrogens with two attached hydrogens (primary N) is 1. The zero-order valence-electron chi connectivity index (χ0n) is 10.4. The third kappa shape index (κ3) is 2.64. The Hall–Kier alpha value is -1.29. The van der Waals surface area contributed by atoms with E-state index in [1.54, 1.807) is 4.68 Å². The van der Waals surface area contributed by atoms with E-state index in [0.717, 1.165) is 17.8 Å². The number of nitrogens with one attached hydrogen (secondary N) is 1. The Labute approximate surface area is 96.8 Å². The van der Waals surface area contributed by atoms with E-state index in [1.807, 2.05) is 39.8 Å². The largest absolute Gasteiger partial charge is 0.320 e. The lowest BCUT2D eigenvalue weighted by atomic mass is 10.00. The Morgan fingerprint density at radius 3 is 2.38 bits per heavy atom. The van der Waals surface area contributed by atoms with Crippen LogP contribution in [0.5, 0.6) is 0 Å². The van der Waals surface area contributed by atoms with Crippen molar-refractivity contribution in [1.29, 1.82) is 0 Å². The second-order valence-electron chi connectivity index (χ2n) is 4.34. The first-order valence-electron chi connectivity index (χ1n) is 5.68. The van der Waals surface area contributed by atoms with Gasteiger partial charge in [0.2, 0.25) is 0 Å². The maximum absolute atomic E-state index is 11.9. The number of carbonyl (C=O) groups excluding carboxylic acids is 1. The van der Waals surface area contributed by atoms with Crippen LogP contribution in [0.25, 0.3) is 0 Å². The molecule has 4 nitrogen and oxygen atoms in total. The van der Waals surface area contributed by atoms with Gasteiger partial charge in [-0.1, -0.05) is 20.3 Å². The summed E-state index contributed by atoms with van der Waals surface area (Å²) in [5, 5.41) is 0. The zero-order valence-corrected chi connectivity index (χ0v) is 10.4. The highest BCUT2D eigenvalue weighted by Crippen LogP contribution is 2.08. The molecule has 0 bridgehead atoms. The first-order valence-corrected chi connectivity index (χ1v) is 5.68. The minimum atomic E-state index is -0.453. The van der Waals surface area contributed by atoms with Crippen LogP contribution in [0.1, 0.15) is 31.7 Å².